The van der Waals surface area contributed by atoms with Gasteiger partial charge in [0.15, 0.2) is 0 Å². The van der Waals surface area contributed by atoms with Crippen molar-refractivity contribution in [3.63, 3.8) is 0 Å². The molecule has 27 heavy (non-hydrogen) atoms. The number of benzene rings is 2. The van der Waals surface area contributed by atoms with Crippen molar-refractivity contribution in [1.82, 2.24) is 0 Å². The van der Waals surface area contributed by atoms with Gasteiger partial charge in [0, 0.05) is 87.9 Å². The molecule has 0 heterocycles. The summed E-state index contributed by atoms with van der Waals surface area (Å²) >= 11 is 0. The summed E-state index contributed by atoms with van der Waals surface area (Å²) in [6.45, 7) is 20.4. The fourth-order valence-corrected chi connectivity index (χ4v) is 1.19. The van der Waals surface area contributed by atoms with Gasteiger partial charge in [0.2, 0.25) is 0 Å². The topological polar surface area (TPSA) is 0 Å². The van der Waals surface area contributed by atoms with Crippen molar-refractivity contribution < 1.29 is 16.8 Å². The van der Waals surface area contributed by atoms with E-state index in [0.29, 0.717) is 0 Å². The third-order valence-corrected chi connectivity index (χ3v) is 1.90. The molecule has 0 spiro atoms. The summed E-state index contributed by atoms with van der Waals surface area (Å²) in [5.74, 6) is 6.22. The summed E-state index contributed by atoms with van der Waals surface area (Å²) in [6.07, 6.45) is 0. The van der Waals surface area contributed by atoms with Gasteiger partial charge in [-0.15, -0.1) is 0 Å². The predicted octanol–water partition coefficient (Wildman–Crippen LogP) is 6.35. The molecule has 0 aromatic heterocycles. The Labute approximate surface area is 183 Å². The largest absolute Gasteiger partial charge is 0.0622 e. The van der Waals surface area contributed by atoms with Crippen molar-refractivity contribution in [2.24, 2.45) is 0 Å². The molecule has 0 nitrogen and oxygen atoms in total. The maximum atomic E-state index is 3.11. The SMILES string of the molecule is C(#Cc1ccccc1)c1ccccc1.C[PH+](C)C.C[PH+](C)C.C[PH+](C)C.[Co]. The maximum absolute atomic E-state index is 3.11. The molecule has 0 aliphatic heterocycles. The van der Waals surface area contributed by atoms with Crippen LogP contribution in [0.5, 0.6) is 0 Å². The molecule has 0 amide bonds. The first-order valence-electron chi connectivity index (χ1n) is 9.07. The summed E-state index contributed by atoms with van der Waals surface area (Å²) in [4.78, 5) is 0. The first kappa shape index (κ1) is 31.5. The van der Waals surface area contributed by atoms with Crippen LogP contribution in [-0.2, 0) is 16.8 Å². The Kier molecular flexibility index (Phi) is 25.8. The van der Waals surface area contributed by atoms with E-state index in [2.05, 4.69) is 71.8 Å². The van der Waals surface area contributed by atoms with Crippen LogP contribution in [0.2, 0.25) is 0 Å². The second kappa shape index (κ2) is 22.1. The van der Waals surface area contributed by atoms with E-state index < -0.39 is 0 Å². The van der Waals surface area contributed by atoms with Crippen LogP contribution in [0.1, 0.15) is 11.1 Å². The number of rotatable bonds is 0. The van der Waals surface area contributed by atoms with Gasteiger partial charge in [0.25, 0.3) is 0 Å². The first-order valence-corrected chi connectivity index (χ1v) is 18.1. The second-order valence-electron chi connectivity index (χ2n) is 7.48. The average molecular weight is 468 g/mol. The summed E-state index contributed by atoms with van der Waals surface area (Å²) in [6, 6.07) is 20.0. The molecule has 0 aliphatic carbocycles. The Morgan fingerprint density at radius 3 is 0.815 bits per heavy atom. The molecule has 153 valence electrons. The molecule has 0 saturated heterocycles. The monoisotopic (exact) mass is 468 g/mol. The maximum Gasteiger partial charge on any atom is 0.0461 e. The van der Waals surface area contributed by atoms with Crippen LogP contribution in [0, 0.1) is 11.8 Å². The summed E-state index contributed by atoms with van der Waals surface area (Å²) < 4.78 is 0. The van der Waals surface area contributed by atoms with Crippen molar-refractivity contribution in [3.05, 3.63) is 71.8 Å². The fraction of sp³-hybridized carbons (Fsp3) is 0.391. The molecule has 0 unspecified atom stereocenters. The standard InChI is InChI=1S/C14H10.3C3H9P.Co/c1-3-7-13(8-4-1)11-12-14-9-5-2-6-10-14;3*1-4(2)3;/h1-10H;3*1-3H3;/p+3. The normalized spacial score (nSPS) is 8.59. The molecular weight excluding hydrogens is 428 g/mol. The van der Waals surface area contributed by atoms with Gasteiger partial charge in [-0.25, -0.2) is 0 Å². The van der Waals surface area contributed by atoms with Crippen LogP contribution in [0.4, 0.5) is 0 Å². The van der Waals surface area contributed by atoms with E-state index in [9.17, 15) is 0 Å². The molecule has 1 radical (unpaired) electrons. The molecular formula is C23H40CoP3+3. The molecule has 0 N–H and O–H groups in total. The molecule has 0 bridgehead atoms. The van der Waals surface area contributed by atoms with Gasteiger partial charge in [-0.2, -0.15) is 0 Å². The number of hydrogen-bond donors (Lipinski definition) is 0. The third-order valence-electron chi connectivity index (χ3n) is 1.90. The molecule has 2 aromatic rings. The van der Waals surface area contributed by atoms with Crippen molar-refractivity contribution in [2.45, 2.75) is 0 Å². The molecule has 2 rings (SSSR count). The zero-order valence-electron chi connectivity index (χ0n) is 18.6. The van der Waals surface area contributed by atoms with Crippen LogP contribution >= 0.6 is 23.8 Å². The molecule has 0 fully saturated rings. The Bertz CT molecular complexity index is 519. The summed E-state index contributed by atoms with van der Waals surface area (Å²) in [5, 5.41) is 0. The Morgan fingerprint density at radius 1 is 0.444 bits per heavy atom. The Hall–Kier alpha value is -0.204. The van der Waals surface area contributed by atoms with Gasteiger partial charge in [-0.1, -0.05) is 48.2 Å². The smallest absolute Gasteiger partial charge is 0.0461 e. The van der Waals surface area contributed by atoms with E-state index in [1.54, 1.807) is 0 Å². The molecule has 4 heteroatoms. The number of hydrogen-bond acceptors (Lipinski definition) is 0. The zero-order valence-corrected chi connectivity index (χ0v) is 22.6. The van der Waals surface area contributed by atoms with Crippen LogP contribution in [0.25, 0.3) is 0 Å². The van der Waals surface area contributed by atoms with Crippen LogP contribution in [0.15, 0.2) is 60.7 Å². The summed E-state index contributed by atoms with van der Waals surface area (Å²) in [5.41, 5.74) is 2.10. The minimum atomic E-state index is 0. The summed E-state index contributed by atoms with van der Waals surface area (Å²) in [7, 11) is 0.361. The van der Waals surface area contributed by atoms with E-state index in [1.807, 2.05) is 60.7 Å². The van der Waals surface area contributed by atoms with Crippen LogP contribution in [0.3, 0.4) is 0 Å². The Morgan fingerprint density at radius 2 is 0.630 bits per heavy atom. The molecule has 2 aromatic carbocycles. The minimum Gasteiger partial charge on any atom is -0.0622 e. The second-order valence-corrected chi connectivity index (χ2v) is 16.5. The quantitative estimate of drug-likeness (QED) is 0.312. The van der Waals surface area contributed by atoms with Gasteiger partial charge in [0.05, 0.1) is 0 Å². The van der Waals surface area contributed by atoms with Gasteiger partial charge in [-0.05, 0) is 48.0 Å². The van der Waals surface area contributed by atoms with Gasteiger partial charge in [0.1, 0.15) is 0 Å². The predicted molar refractivity (Wildman–Crippen MR) is 137 cm³/mol. The Balaban J connectivity index is -0.000000371. The average Bonchev–Trinajstić information content (AvgIpc) is 2.53. The van der Waals surface area contributed by atoms with E-state index >= 15 is 0 Å². The minimum absolute atomic E-state index is 0. The van der Waals surface area contributed by atoms with Crippen molar-refractivity contribution >= 4 is 23.8 Å². The van der Waals surface area contributed by atoms with Crippen LogP contribution < -0.4 is 0 Å². The van der Waals surface area contributed by atoms with Crippen molar-refractivity contribution in [1.29, 1.82) is 0 Å². The molecule has 0 aliphatic rings. The van der Waals surface area contributed by atoms with Gasteiger partial charge >= 0.3 is 0 Å². The van der Waals surface area contributed by atoms with E-state index in [0.717, 1.165) is 11.1 Å². The van der Waals surface area contributed by atoms with E-state index in [4.69, 9.17) is 0 Å². The molecule has 0 atom stereocenters. The first-order chi connectivity index (χ1) is 12.1. The van der Waals surface area contributed by atoms with Crippen LogP contribution in [-0.4, -0.2) is 60.0 Å². The van der Waals surface area contributed by atoms with Gasteiger partial charge < -0.3 is 0 Å². The van der Waals surface area contributed by atoms with E-state index in [1.165, 1.54) is 0 Å². The van der Waals surface area contributed by atoms with Gasteiger partial charge in [-0.3, -0.25) is 0 Å². The van der Waals surface area contributed by atoms with Crippen molar-refractivity contribution in [2.75, 3.05) is 60.0 Å². The zero-order chi connectivity index (χ0) is 20.4. The third kappa shape index (κ3) is 33.8. The fourth-order valence-electron chi connectivity index (χ4n) is 1.19. The van der Waals surface area contributed by atoms with E-state index in [-0.39, 0.29) is 40.5 Å². The van der Waals surface area contributed by atoms with Crippen molar-refractivity contribution in [3.8, 4) is 11.8 Å². The molecule has 0 saturated carbocycles.